The van der Waals surface area contributed by atoms with Gasteiger partial charge >= 0.3 is 12.0 Å². The Morgan fingerprint density at radius 3 is 2.52 bits per heavy atom. The number of phenols is 1. The number of piperazine rings is 1. The van der Waals surface area contributed by atoms with Crippen LogP contribution in [0.3, 0.4) is 0 Å². The molecular formula is C39H38F2N6O5. The van der Waals surface area contributed by atoms with E-state index in [9.17, 15) is 19.1 Å². The number of carbonyl (C=O) groups excluding carboxylic acids is 2. The molecule has 2 unspecified atom stereocenters. The van der Waals surface area contributed by atoms with E-state index < -0.39 is 23.2 Å². The van der Waals surface area contributed by atoms with Crippen LogP contribution in [0.1, 0.15) is 57.9 Å². The molecule has 1 N–H and O–H groups in total. The number of ether oxygens (including phenoxy) is 2. The van der Waals surface area contributed by atoms with Crippen LogP contribution in [0.5, 0.6) is 11.8 Å². The fraction of sp³-hybridized carbons (Fsp3) is 0.462. The van der Waals surface area contributed by atoms with Gasteiger partial charge < -0.3 is 24.4 Å². The van der Waals surface area contributed by atoms with Crippen LogP contribution < -0.4 is 9.64 Å². The van der Waals surface area contributed by atoms with E-state index in [-0.39, 0.29) is 69.0 Å². The molecule has 0 radical (unpaired) electrons. The number of terminal acetylenes is 1. The average Bonchev–Trinajstić information content (AvgIpc) is 3.79. The summed E-state index contributed by atoms with van der Waals surface area (Å²) in [5.41, 5.74) is -1.13. The molecule has 5 fully saturated rings. The molecule has 5 saturated heterocycles. The third-order valence-corrected chi connectivity index (χ3v) is 12.0. The topological polar surface area (TPSA) is 121 Å². The van der Waals surface area contributed by atoms with E-state index in [0.29, 0.717) is 36.3 Å². The summed E-state index contributed by atoms with van der Waals surface area (Å²) in [6, 6.07) is 5.13. The normalized spacial score (nSPS) is 24.5. The van der Waals surface area contributed by atoms with Gasteiger partial charge in [0.05, 0.1) is 16.5 Å². The smallest absolute Gasteiger partial charge is 0.319 e. The highest BCUT2D eigenvalue weighted by Gasteiger charge is 2.58. The van der Waals surface area contributed by atoms with Crippen molar-refractivity contribution < 1.29 is 33.0 Å². The summed E-state index contributed by atoms with van der Waals surface area (Å²) in [5.74, 6) is 0.625. The monoisotopic (exact) mass is 708 g/mol. The number of hydrogen-bond acceptors (Lipinski definition) is 10. The maximum absolute atomic E-state index is 17.0. The summed E-state index contributed by atoms with van der Waals surface area (Å²) in [7, 11) is 0. The summed E-state index contributed by atoms with van der Waals surface area (Å²) in [6.07, 6.45) is 12.1. The molecule has 1 amide bonds. The fourth-order valence-electron chi connectivity index (χ4n) is 9.31. The number of rotatable bonds is 6. The van der Waals surface area contributed by atoms with E-state index in [1.807, 2.05) is 9.80 Å². The Balaban J connectivity index is 1.13. The van der Waals surface area contributed by atoms with Crippen LogP contribution in [0, 0.1) is 29.4 Å². The first-order valence-electron chi connectivity index (χ1n) is 17.9. The van der Waals surface area contributed by atoms with Gasteiger partial charge in [-0.05, 0) is 89.0 Å². The predicted molar refractivity (Wildman–Crippen MR) is 188 cm³/mol. The number of carbonyl (C=O) groups is 2. The first-order valence-corrected chi connectivity index (χ1v) is 17.9. The third-order valence-electron chi connectivity index (χ3n) is 12.0. The number of pyridine rings is 1. The molecule has 5 aliphatic rings. The van der Waals surface area contributed by atoms with Gasteiger partial charge in [0.2, 0.25) is 0 Å². The molecule has 2 aromatic heterocycles. The Morgan fingerprint density at radius 2 is 1.85 bits per heavy atom. The van der Waals surface area contributed by atoms with Crippen LogP contribution >= 0.6 is 0 Å². The van der Waals surface area contributed by atoms with Crippen molar-refractivity contribution in [2.24, 2.45) is 5.41 Å². The fourth-order valence-corrected chi connectivity index (χ4v) is 9.31. The molecule has 2 aromatic carbocycles. The van der Waals surface area contributed by atoms with Crippen molar-refractivity contribution in [3.8, 4) is 35.4 Å². The first-order chi connectivity index (χ1) is 25.0. The van der Waals surface area contributed by atoms with Crippen molar-refractivity contribution in [2.45, 2.75) is 76.1 Å². The van der Waals surface area contributed by atoms with Crippen molar-refractivity contribution >= 4 is 39.4 Å². The number of nitrogens with zero attached hydrogens (tertiary/aromatic N) is 6. The van der Waals surface area contributed by atoms with Gasteiger partial charge in [-0.2, -0.15) is 9.97 Å². The van der Waals surface area contributed by atoms with E-state index in [1.165, 1.54) is 30.5 Å². The number of amides is 1. The highest BCUT2D eigenvalue weighted by molar-refractivity contribution is 6.03. The zero-order chi connectivity index (χ0) is 36.1. The summed E-state index contributed by atoms with van der Waals surface area (Å²) in [5, 5.41) is 11.6. The Morgan fingerprint density at radius 1 is 1.12 bits per heavy atom. The lowest BCUT2D eigenvalue weighted by atomic mass is 9.80. The number of hydrogen-bond donors (Lipinski definition) is 1. The van der Waals surface area contributed by atoms with Gasteiger partial charge in [-0.1, -0.05) is 12.0 Å². The molecule has 9 rings (SSSR count). The van der Waals surface area contributed by atoms with Gasteiger partial charge in [-0.25, -0.2) is 8.78 Å². The van der Waals surface area contributed by atoms with Gasteiger partial charge in [0.1, 0.15) is 40.6 Å². The second-order valence-electron chi connectivity index (χ2n) is 15.4. The number of phenolic OH excluding ortho intramolecular Hbond substituents is 1. The molecule has 13 heteroatoms. The molecule has 52 heavy (non-hydrogen) atoms. The lowest BCUT2D eigenvalue weighted by Gasteiger charge is -2.47. The number of cyclic esters (lactones) is 1. The standard InChI is InChI=1S/C39H38F2N6O5/c1-4-25-28(40)10-7-21-15-24(48)16-26(29(21)25)31-30(41)32-27(17-42-31)34(44-37(43-32)51-20-39-11-5-13-46(39)14-6-12-39)45-18-22-8-9-23(19-45)47(22)35(49)33-38(2,3)36(50)52-33/h1,7,10,15-17,22-23,33,48H,5-6,8-9,11-14,18-20H2,2-3H3/t22?,23?,33-/m1/s1. The summed E-state index contributed by atoms with van der Waals surface area (Å²) in [4.78, 5) is 46.2. The molecule has 268 valence electrons. The maximum atomic E-state index is 17.0. The predicted octanol–water partition coefficient (Wildman–Crippen LogP) is 4.95. The Labute approximate surface area is 298 Å². The lowest BCUT2D eigenvalue weighted by molar-refractivity contribution is -0.207. The van der Waals surface area contributed by atoms with Crippen molar-refractivity contribution in [3.63, 3.8) is 0 Å². The van der Waals surface area contributed by atoms with E-state index in [2.05, 4.69) is 20.8 Å². The van der Waals surface area contributed by atoms with Gasteiger partial charge in [-0.3, -0.25) is 19.5 Å². The minimum Gasteiger partial charge on any atom is -0.508 e. The minimum atomic E-state index is -0.884. The largest absolute Gasteiger partial charge is 0.508 e. The lowest BCUT2D eigenvalue weighted by Crippen LogP contribution is -2.65. The molecular weight excluding hydrogens is 670 g/mol. The van der Waals surface area contributed by atoms with E-state index in [1.54, 1.807) is 13.8 Å². The zero-order valence-electron chi connectivity index (χ0n) is 29.0. The number of benzene rings is 2. The Hall–Kier alpha value is -5.09. The second-order valence-corrected chi connectivity index (χ2v) is 15.4. The molecule has 4 aromatic rings. The average molecular weight is 709 g/mol. The summed E-state index contributed by atoms with van der Waals surface area (Å²) in [6.45, 7) is 6.67. The summed E-state index contributed by atoms with van der Waals surface area (Å²) >= 11 is 0. The van der Waals surface area contributed by atoms with E-state index in [0.717, 1.165) is 51.6 Å². The second kappa shape index (κ2) is 11.7. The van der Waals surface area contributed by atoms with Crippen LogP contribution in [0.2, 0.25) is 0 Å². The SMILES string of the molecule is C#Cc1c(F)ccc2cc(O)cc(-c3ncc4c(N5CC6CCC(C5)N6C(=O)[C@H]5OC(=O)C5(C)C)nc(OCC56CCCN5CCC6)nc4c3F)c12. The number of aromatic hydroxyl groups is 1. The molecule has 2 bridgehead atoms. The molecule has 3 atom stereocenters. The van der Waals surface area contributed by atoms with E-state index >= 15 is 4.39 Å². The van der Waals surface area contributed by atoms with E-state index in [4.69, 9.17) is 20.9 Å². The number of fused-ring (bicyclic) bond motifs is 5. The summed E-state index contributed by atoms with van der Waals surface area (Å²) < 4.78 is 43.7. The van der Waals surface area contributed by atoms with Crippen LogP contribution in [-0.2, 0) is 14.3 Å². The molecule has 0 aliphatic carbocycles. The van der Waals surface area contributed by atoms with Crippen molar-refractivity contribution in [3.05, 3.63) is 47.7 Å². The minimum absolute atomic E-state index is 0.0248. The number of anilines is 1. The van der Waals surface area contributed by atoms with Gasteiger partial charge in [-0.15, -0.1) is 6.42 Å². The van der Waals surface area contributed by atoms with Gasteiger partial charge in [0.25, 0.3) is 5.91 Å². The van der Waals surface area contributed by atoms with Crippen LogP contribution in [0.25, 0.3) is 32.9 Å². The quantitative estimate of drug-likeness (QED) is 0.218. The van der Waals surface area contributed by atoms with Crippen LogP contribution in [-0.4, -0.2) is 98.2 Å². The van der Waals surface area contributed by atoms with Crippen LogP contribution in [0.15, 0.2) is 30.5 Å². The van der Waals surface area contributed by atoms with Crippen molar-refractivity contribution in [1.29, 1.82) is 0 Å². The van der Waals surface area contributed by atoms with Gasteiger partial charge in [0, 0.05) is 42.3 Å². The molecule has 0 saturated carbocycles. The number of aromatic nitrogens is 3. The molecule has 11 nitrogen and oxygen atoms in total. The highest BCUT2D eigenvalue weighted by atomic mass is 19.1. The van der Waals surface area contributed by atoms with Crippen molar-refractivity contribution in [2.75, 3.05) is 37.7 Å². The zero-order valence-corrected chi connectivity index (χ0v) is 29.0. The highest BCUT2D eigenvalue weighted by Crippen LogP contribution is 2.44. The molecule has 0 spiro atoms. The first kappa shape index (κ1) is 32.8. The van der Waals surface area contributed by atoms with Crippen molar-refractivity contribution in [1.82, 2.24) is 24.8 Å². The Bertz CT molecular complexity index is 2220. The third kappa shape index (κ3) is 4.83. The molecule has 7 heterocycles. The number of esters is 1. The molecule has 5 aliphatic heterocycles. The van der Waals surface area contributed by atoms with Crippen LogP contribution in [0.4, 0.5) is 14.6 Å². The maximum Gasteiger partial charge on any atom is 0.319 e. The van der Waals surface area contributed by atoms with Gasteiger partial charge in [0.15, 0.2) is 11.9 Å². The Kier molecular flexibility index (Phi) is 7.39. The number of halogens is 2.